The van der Waals surface area contributed by atoms with Crippen LogP contribution in [0, 0.1) is 0 Å². The first-order valence-electron chi connectivity index (χ1n) is 4.66. The van der Waals surface area contributed by atoms with E-state index in [0.29, 0.717) is 19.4 Å². The van der Waals surface area contributed by atoms with Gasteiger partial charge in [0.15, 0.2) is 0 Å². The standard InChI is InChI=1S/C9H19N3O2/c1-7(10)6-8(13)11-5-4-9(14)12(2)3/h7H,4-6,10H2,1-3H3,(H,11,13). The van der Waals surface area contributed by atoms with Gasteiger partial charge < -0.3 is 16.0 Å². The average Bonchev–Trinajstić information content (AvgIpc) is 2.02. The van der Waals surface area contributed by atoms with E-state index in [1.165, 1.54) is 4.90 Å². The lowest BCUT2D eigenvalue weighted by molar-refractivity contribution is -0.128. The molecule has 0 aliphatic heterocycles. The van der Waals surface area contributed by atoms with E-state index in [2.05, 4.69) is 5.32 Å². The molecule has 1 unspecified atom stereocenters. The van der Waals surface area contributed by atoms with Crippen LogP contribution in [-0.2, 0) is 9.59 Å². The van der Waals surface area contributed by atoms with Crippen LogP contribution >= 0.6 is 0 Å². The van der Waals surface area contributed by atoms with Crippen molar-refractivity contribution in [3.8, 4) is 0 Å². The molecule has 0 aromatic rings. The number of nitrogens with one attached hydrogen (secondary N) is 1. The van der Waals surface area contributed by atoms with Crippen molar-refractivity contribution in [3.05, 3.63) is 0 Å². The topological polar surface area (TPSA) is 75.4 Å². The second-order valence-corrected chi connectivity index (χ2v) is 3.57. The maximum absolute atomic E-state index is 11.1. The Labute approximate surface area is 84.6 Å². The predicted molar refractivity (Wildman–Crippen MR) is 54.6 cm³/mol. The van der Waals surface area contributed by atoms with Crippen LogP contribution in [0.15, 0.2) is 0 Å². The Hall–Kier alpha value is -1.10. The molecule has 0 aliphatic carbocycles. The van der Waals surface area contributed by atoms with Crippen molar-refractivity contribution in [1.82, 2.24) is 10.2 Å². The molecule has 5 nitrogen and oxygen atoms in total. The van der Waals surface area contributed by atoms with E-state index < -0.39 is 0 Å². The summed E-state index contributed by atoms with van der Waals surface area (Å²) in [6.45, 7) is 2.15. The Morgan fingerprint density at radius 1 is 1.43 bits per heavy atom. The largest absolute Gasteiger partial charge is 0.356 e. The lowest BCUT2D eigenvalue weighted by Gasteiger charge is -2.11. The highest BCUT2D eigenvalue weighted by molar-refractivity contribution is 5.79. The summed E-state index contributed by atoms with van der Waals surface area (Å²) in [5.74, 6) is -0.0994. The molecular formula is C9H19N3O2. The fraction of sp³-hybridized carbons (Fsp3) is 0.778. The first-order valence-corrected chi connectivity index (χ1v) is 4.66. The molecule has 1 atom stereocenters. The SMILES string of the molecule is CC(N)CC(=O)NCCC(=O)N(C)C. The van der Waals surface area contributed by atoms with Crippen molar-refractivity contribution in [2.45, 2.75) is 25.8 Å². The van der Waals surface area contributed by atoms with Gasteiger partial charge in [-0.3, -0.25) is 9.59 Å². The van der Waals surface area contributed by atoms with Gasteiger partial charge in [0.2, 0.25) is 11.8 Å². The summed E-state index contributed by atoms with van der Waals surface area (Å²) >= 11 is 0. The van der Waals surface area contributed by atoms with E-state index in [0.717, 1.165) is 0 Å². The van der Waals surface area contributed by atoms with Crippen molar-refractivity contribution < 1.29 is 9.59 Å². The maximum atomic E-state index is 11.1. The molecule has 0 saturated heterocycles. The number of carbonyl (C=O) groups excluding carboxylic acids is 2. The fourth-order valence-corrected chi connectivity index (χ4v) is 0.897. The minimum absolute atomic E-state index is 0.00565. The third-order valence-corrected chi connectivity index (χ3v) is 1.67. The Balaban J connectivity index is 3.54. The predicted octanol–water partition coefficient (Wildman–Crippen LogP) is -0.682. The van der Waals surface area contributed by atoms with Crippen molar-refractivity contribution in [1.29, 1.82) is 0 Å². The second kappa shape index (κ2) is 6.37. The van der Waals surface area contributed by atoms with Gasteiger partial charge >= 0.3 is 0 Å². The molecule has 0 saturated carbocycles. The van der Waals surface area contributed by atoms with Crippen LogP contribution in [0.5, 0.6) is 0 Å². The summed E-state index contributed by atoms with van der Waals surface area (Å²) in [6.07, 6.45) is 0.633. The monoisotopic (exact) mass is 201 g/mol. The number of carbonyl (C=O) groups is 2. The number of nitrogens with two attached hydrogens (primary N) is 1. The Kier molecular flexibility index (Phi) is 5.87. The molecule has 3 N–H and O–H groups in total. The molecule has 2 amide bonds. The van der Waals surface area contributed by atoms with Crippen LogP contribution in [0.4, 0.5) is 0 Å². The molecule has 5 heteroatoms. The first kappa shape index (κ1) is 12.9. The number of rotatable bonds is 5. The number of amides is 2. The molecular weight excluding hydrogens is 182 g/mol. The average molecular weight is 201 g/mol. The molecule has 0 spiro atoms. The molecule has 0 aliphatic rings. The first-order chi connectivity index (χ1) is 6.43. The normalized spacial score (nSPS) is 12.0. The summed E-state index contributed by atoms with van der Waals surface area (Å²) in [5.41, 5.74) is 5.44. The molecule has 0 fully saturated rings. The fourth-order valence-electron chi connectivity index (χ4n) is 0.897. The quantitative estimate of drug-likeness (QED) is 0.618. The summed E-state index contributed by atoms with van der Waals surface area (Å²) in [5, 5.41) is 2.63. The van der Waals surface area contributed by atoms with E-state index in [9.17, 15) is 9.59 Å². The van der Waals surface area contributed by atoms with E-state index >= 15 is 0 Å². The molecule has 0 aromatic carbocycles. The minimum Gasteiger partial charge on any atom is -0.356 e. The molecule has 0 heterocycles. The Morgan fingerprint density at radius 2 is 2.00 bits per heavy atom. The van der Waals surface area contributed by atoms with E-state index in [1.54, 1.807) is 21.0 Å². The lowest BCUT2D eigenvalue weighted by Crippen LogP contribution is -2.33. The highest BCUT2D eigenvalue weighted by atomic mass is 16.2. The van der Waals surface area contributed by atoms with Crippen molar-refractivity contribution in [3.63, 3.8) is 0 Å². The van der Waals surface area contributed by atoms with Gasteiger partial charge in [0.25, 0.3) is 0 Å². The lowest BCUT2D eigenvalue weighted by atomic mass is 10.2. The van der Waals surface area contributed by atoms with E-state index in [1.807, 2.05) is 0 Å². The summed E-state index contributed by atoms with van der Waals surface area (Å²) < 4.78 is 0. The Morgan fingerprint density at radius 3 is 2.43 bits per heavy atom. The zero-order valence-electron chi connectivity index (χ0n) is 9.04. The van der Waals surface area contributed by atoms with Crippen LogP contribution in [0.1, 0.15) is 19.8 Å². The molecule has 0 rings (SSSR count). The molecule has 14 heavy (non-hydrogen) atoms. The smallest absolute Gasteiger partial charge is 0.223 e. The van der Waals surface area contributed by atoms with Crippen molar-refractivity contribution >= 4 is 11.8 Å². The number of hydrogen-bond acceptors (Lipinski definition) is 3. The molecule has 0 radical (unpaired) electrons. The third-order valence-electron chi connectivity index (χ3n) is 1.67. The highest BCUT2D eigenvalue weighted by Gasteiger charge is 2.06. The van der Waals surface area contributed by atoms with Gasteiger partial charge in [-0.1, -0.05) is 0 Å². The van der Waals surface area contributed by atoms with Gasteiger partial charge in [-0.15, -0.1) is 0 Å². The van der Waals surface area contributed by atoms with Crippen LogP contribution in [0.3, 0.4) is 0 Å². The summed E-state index contributed by atoms with van der Waals surface area (Å²) in [6, 6.07) is -0.139. The van der Waals surface area contributed by atoms with Crippen LogP contribution < -0.4 is 11.1 Å². The maximum Gasteiger partial charge on any atom is 0.223 e. The Bertz CT molecular complexity index is 202. The van der Waals surface area contributed by atoms with Crippen molar-refractivity contribution in [2.24, 2.45) is 5.73 Å². The van der Waals surface area contributed by atoms with Crippen LogP contribution in [-0.4, -0.2) is 43.4 Å². The van der Waals surface area contributed by atoms with Gasteiger partial charge in [0.05, 0.1) is 0 Å². The minimum atomic E-state index is -0.139. The third kappa shape index (κ3) is 6.42. The molecule has 82 valence electrons. The zero-order valence-corrected chi connectivity index (χ0v) is 9.04. The number of nitrogens with zero attached hydrogens (tertiary/aromatic N) is 1. The zero-order chi connectivity index (χ0) is 11.1. The van der Waals surface area contributed by atoms with E-state index in [-0.39, 0.29) is 17.9 Å². The van der Waals surface area contributed by atoms with E-state index in [4.69, 9.17) is 5.73 Å². The number of hydrogen-bond donors (Lipinski definition) is 2. The highest BCUT2D eigenvalue weighted by Crippen LogP contribution is 1.88. The summed E-state index contributed by atoms with van der Waals surface area (Å²) in [7, 11) is 3.37. The second-order valence-electron chi connectivity index (χ2n) is 3.57. The van der Waals surface area contributed by atoms with Gasteiger partial charge in [0.1, 0.15) is 0 Å². The van der Waals surface area contributed by atoms with Gasteiger partial charge in [-0.2, -0.15) is 0 Å². The molecule has 0 aromatic heterocycles. The van der Waals surface area contributed by atoms with Crippen LogP contribution in [0.2, 0.25) is 0 Å². The molecule has 0 bridgehead atoms. The summed E-state index contributed by atoms with van der Waals surface area (Å²) in [4.78, 5) is 23.7. The van der Waals surface area contributed by atoms with Gasteiger partial charge in [0, 0.05) is 39.5 Å². The van der Waals surface area contributed by atoms with Crippen molar-refractivity contribution in [2.75, 3.05) is 20.6 Å². The van der Waals surface area contributed by atoms with Crippen LogP contribution in [0.25, 0.3) is 0 Å². The van der Waals surface area contributed by atoms with Gasteiger partial charge in [-0.25, -0.2) is 0 Å². The van der Waals surface area contributed by atoms with Gasteiger partial charge in [-0.05, 0) is 6.92 Å².